The van der Waals surface area contributed by atoms with Crippen molar-refractivity contribution in [2.24, 2.45) is 0 Å². The maximum absolute atomic E-state index is 13.0. The van der Waals surface area contributed by atoms with Crippen LogP contribution in [0.3, 0.4) is 0 Å². The Balaban J connectivity index is 1.94. The summed E-state index contributed by atoms with van der Waals surface area (Å²) in [5.74, 6) is -0.773. The Morgan fingerprint density at radius 2 is 1.45 bits per heavy atom. The number of hydrogen-bond donors (Lipinski definition) is 3. The number of benzene rings is 2. The van der Waals surface area contributed by atoms with Crippen LogP contribution in [0.25, 0.3) is 0 Å². The molecule has 1 fully saturated rings. The molecule has 0 heterocycles. The molecule has 33 heavy (non-hydrogen) atoms. The lowest BCUT2D eigenvalue weighted by Crippen LogP contribution is -2.55. The smallest absolute Gasteiger partial charge is 0.410 e. The molecule has 178 valence electrons. The number of carboxylic acid groups (broad SMARTS) is 1. The summed E-state index contributed by atoms with van der Waals surface area (Å²) in [6.45, 7) is 2.13. The first-order valence-electron chi connectivity index (χ1n) is 11.3. The van der Waals surface area contributed by atoms with E-state index in [-0.39, 0.29) is 49.8 Å². The Bertz CT molecular complexity index is 950. The summed E-state index contributed by atoms with van der Waals surface area (Å²) < 4.78 is 5.35. The number of para-hydroxylation sites is 2. The number of phenols is 2. The van der Waals surface area contributed by atoms with E-state index < -0.39 is 12.1 Å². The van der Waals surface area contributed by atoms with E-state index in [1.54, 1.807) is 60.4 Å². The maximum atomic E-state index is 13.0. The molecule has 0 aromatic heterocycles. The molecule has 0 aliphatic heterocycles. The highest BCUT2D eigenvalue weighted by Gasteiger charge is 2.38. The summed E-state index contributed by atoms with van der Waals surface area (Å²) in [4.78, 5) is 28.2. The molecule has 0 radical (unpaired) electrons. The third kappa shape index (κ3) is 6.38. The van der Waals surface area contributed by atoms with Crippen LogP contribution in [0.4, 0.5) is 4.79 Å². The van der Waals surface area contributed by atoms with Crippen LogP contribution in [0.1, 0.15) is 43.7 Å². The Kier molecular flexibility index (Phi) is 8.54. The molecule has 3 N–H and O–H groups in total. The van der Waals surface area contributed by atoms with Gasteiger partial charge in [-0.15, -0.1) is 0 Å². The number of aromatic hydroxyl groups is 2. The first-order chi connectivity index (χ1) is 15.9. The maximum Gasteiger partial charge on any atom is 0.410 e. The van der Waals surface area contributed by atoms with Gasteiger partial charge in [0.05, 0.1) is 25.7 Å². The summed E-state index contributed by atoms with van der Waals surface area (Å²) in [5.41, 5.74) is 1.23. The van der Waals surface area contributed by atoms with Crippen molar-refractivity contribution in [1.29, 1.82) is 0 Å². The van der Waals surface area contributed by atoms with Crippen molar-refractivity contribution >= 4 is 12.1 Å². The standard InChI is InChI=1S/C25H32N2O6/c1-2-33-25(32)27(16-19-10-4-8-14-23(19)29)21-12-6-5-11-20(21)26(17-24(30)31)15-18-9-3-7-13-22(18)28/h3-4,7-10,13-14,20-21,28-29H,2,5-6,11-12,15-17H2,1H3,(H,30,31). The van der Waals surface area contributed by atoms with Gasteiger partial charge in [-0.2, -0.15) is 0 Å². The molecule has 1 aliphatic carbocycles. The molecular formula is C25H32N2O6. The first kappa shape index (κ1) is 24.4. The number of phenolic OH excluding ortho intramolecular Hbond substituents is 2. The predicted molar refractivity (Wildman–Crippen MR) is 123 cm³/mol. The highest BCUT2D eigenvalue weighted by molar-refractivity contribution is 5.70. The Morgan fingerprint density at radius 3 is 2.00 bits per heavy atom. The fraction of sp³-hybridized carbons (Fsp3) is 0.440. The molecule has 2 atom stereocenters. The highest BCUT2D eigenvalue weighted by atomic mass is 16.6. The van der Waals surface area contributed by atoms with Gasteiger partial charge < -0.3 is 20.1 Å². The van der Waals surface area contributed by atoms with Gasteiger partial charge in [-0.1, -0.05) is 49.2 Å². The minimum absolute atomic E-state index is 0.0933. The molecule has 2 aromatic rings. The summed E-state index contributed by atoms with van der Waals surface area (Å²) in [7, 11) is 0. The van der Waals surface area contributed by atoms with E-state index in [2.05, 4.69) is 0 Å². The van der Waals surface area contributed by atoms with Crippen molar-refractivity contribution in [2.45, 2.75) is 57.8 Å². The van der Waals surface area contributed by atoms with E-state index in [9.17, 15) is 24.9 Å². The zero-order valence-corrected chi connectivity index (χ0v) is 18.9. The largest absolute Gasteiger partial charge is 0.508 e. The van der Waals surface area contributed by atoms with Gasteiger partial charge in [-0.05, 0) is 31.9 Å². The van der Waals surface area contributed by atoms with Crippen LogP contribution >= 0.6 is 0 Å². The third-order valence-corrected chi connectivity index (χ3v) is 6.10. The molecule has 1 aliphatic rings. The van der Waals surface area contributed by atoms with Crippen molar-refractivity contribution in [3.8, 4) is 11.5 Å². The van der Waals surface area contributed by atoms with Gasteiger partial charge in [-0.3, -0.25) is 14.6 Å². The van der Waals surface area contributed by atoms with Crippen molar-refractivity contribution in [3.05, 3.63) is 59.7 Å². The van der Waals surface area contributed by atoms with Gasteiger partial charge in [0.1, 0.15) is 11.5 Å². The quantitative estimate of drug-likeness (QED) is 0.524. The second kappa shape index (κ2) is 11.6. The van der Waals surface area contributed by atoms with Crippen LogP contribution in [0, 0.1) is 0 Å². The van der Waals surface area contributed by atoms with Gasteiger partial charge >= 0.3 is 12.1 Å². The van der Waals surface area contributed by atoms with Gasteiger partial charge in [0.25, 0.3) is 0 Å². The Morgan fingerprint density at radius 1 is 0.909 bits per heavy atom. The molecule has 0 bridgehead atoms. The molecule has 2 aromatic carbocycles. The number of carbonyl (C=O) groups is 2. The topological polar surface area (TPSA) is 111 Å². The number of amides is 1. The number of carbonyl (C=O) groups excluding carboxylic acids is 1. The van der Waals surface area contributed by atoms with E-state index >= 15 is 0 Å². The van der Waals surface area contributed by atoms with Gasteiger partial charge in [0.15, 0.2) is 0 Å². The fourth-order valence-electron chi connectivity index (χ4n) is 4.56. The highest BCUT2D eigenvalue weighted by Crippen LogP contribution is 2.32. The lowest BCUT2D eigenvalue weighted by atomic mass is 9.87. The number of hydrogen-bond acceptors (Lipinski definition) is 6. The van der Waals surface area contributed by atoms with E-state index in [0.29, 0.717) is 24.0 Å². The van der Waals surface area contributed by atoms with Crippen molar-refractivity contribution < 1.29 is 29.6 Å². The third-order valence-electron chi connectivity index (χ3n) is 6.10. The van der Waals surface area contributed by atoms with Crippen molar-refractivity contribution in [1.82, 2.24) is 9.80 Å². The number of ether oxygens (including phenoxy) is 1. The SMILES string of the molecule is CCOC(=O)N(Cc1ccccc1O)C1CCCCC1N(CC(=O)O)Cc1ccccc1O. The lowest BCUT2D eigenvalue weighted by Gasteiger charge is -2.44. The lowest BCUT2D eigenvalue weighted by molar-refractivity contribution is -0.139. The van der Waals surface area contributed by atoms with E-state index in [1.807, 2.05) is 4.90 Å². The normalized spacial score (nSPS) is 18.1. The minimum atomic E-state index is -0.974. The average Bonchev–Trinajstić information content (AvgIpc) is 2.79. The van der Waals surface area contributed by atoms with Crippen molar-refractivity contribution in [3.63, 3.8) is 0 Å². The monoisotopic (exact) mass is 456 g/mol. The summed E-state index contributed by atoms with van der Waals surface area (Å²) in [6, 6.07) is 13.2. The summed E-state index contributed by atoms with van der Waals surface area (Å²) >= 11 is 0. The molecule has 8 heteroatoms. The number of rotatable bonds is 9. The van der Waals surface area contributed by atoms with Crippen LogP contribution in [0.2, 0.25) is 0 Å². The molecule has 8 nitrogen and oxygen atoms in total. The van der Waals surface area contributed by atoms with Crippen LogP contribution in [-0.4, -0.2) is 62.4 Å². The number of nitrogens with zero attached hydrogens (tertiary/aromatic N) is 2. The predicted octanol–water partition coefficient (Wildman–Crippen LogP) is 3.95. The number of aliphatic carboxylic acids is 1. The zero-order chi connectivity index (χ0) is 23.8. The van der Waals surface area contributed by atoms with Crippen molar-refractivity contribution in [2.75, 3.05) is 13.2 Å². The van der Waals surface area contributed by atoms with Gasteiger partial charge in [0, 0.05) is 23.7 Å². The minimum Gasteiger partial charge on any atom is -0.508 e. The Hall–Kier alpha value is -3.26. The molecule has 0 spiro atoms. The van der Waals surface area contributed by atoms with E-state index in [0.717, 1.165) is 12.8 Å². The van der Waals surface area contributed by atoms with E-state index in [4.69, 9.17) is 4.74 Å². The summed E-state index contributed by atoms with van der Waals surface area (Å²) in [6.07, 6.45) is 2.71. The second-order valence-corrected chi connectivity index (χ2v) is 8.30. The molecule has 1 amide bonds. The molecule has 0 saturated heterocycles. The fourth-order valence-corrected chi connectivity index (χ4v) is 4.56. The van der Waals surface area contributed by atoms with E-state index in [1.165, 1.54) is 0 Å². The van der Waals surface area contributed by atoms with Crippen LogP contribution in [0.5, 0.6) is 11.5 Å². The number of carboxylic acids is 1. The summed E-state index contributed by atoms with van der Waals surface area (Å²) in [5, 5.41) is 30.2. The molecule has 1 saturated carbocycles. The molecular weight excluding hydrogens is 424 g/mol. The first-order valence-corrected chi connectivity index (χ1v) is 11.3. The molecule has 3 rings (SSSR count). The Labute approximate surface area is 194 Å². The van der Waals surface area contributed by atoms with Gasteiger partial charge in [-0.25, -0.2) is 4.79 Å². The molecule has 2 unspecified atom stereocenters. The van der Waals surface area contributed by atoms with Crippen LogP contribution < -0.4 is 0 Å². The van der Waals surface area contributed by atoms with Crippen LogP contribution in [-0.2, 0) is 22.6 Å². The van der Waals surface area contributed by atoms with Crippen LogP contribution in [0.15, 0.2) is 48.5 Å². The second-order valence-electron chi connectivity index (χ2n) is 8.30. The average molecular weight is 457 g/mol. The van der Waals surface area contributed by atoms with Gasteiger partial charge in [0.2, 0.25) is 0 Å². The zero-order valence-electron chi connectivity index (χ0n) is 18.9.